The molecular formula is C6H14N2OS. The van der Waals surface area contributed by atoms with Crippen molar-refractivity contribution in [1.29, 1.82) is 0 Å². The fourth-order valence-corrected chi connectivity index (χ4v) is 0.807. The first kappa shape index (κ1) is 9.78. The number of hydrogen-bond donors (Lipinski definition) is 1. The molecule has 0 saturated carbocycles. The smallest absolute Gasteiger partial charge is 0.144 e. The molecule has 0 unspecified atom stereocenters. The third kappa shape index (κ3) is 3.74. The van der Waals surface area contributed by atoms with Crippen molar-refractivity contribution in [1.82, 2.24) is 0 Å². The topological polar surface area (TPSA) is 55.5 Å². The second kappa shape index (κ2) is 3.83. The highest BCUT2D eigenvalue weighted by Crippen LogP contribution is 2.10. The van der Waals surface area contributed by atoms with Gasteiger partial charge in [-0.2, -0.15) is 4.40 Å². The van der Waals surface area contributed by atoms with E-state index >= 15 is 0 Å². The highest BCUT2D eigenvalue weighted by atomic mass is 32.2. The molecule has 0 spiro atoms. The van der Waals surface area contributed by atoms with Crippen LogP contribution >= 0.6 is 0 Å². The summed E-state index contributed by atoms with van der Waals surface area (Å²) in [5.41, 5.74) is 5.14. The first-order valence-corrected chi connectivity index (χ1v) is 4.23. The lowest BCUT2D eigenvalue weighted by atomic mass is 10.3. The molecule has 0 aromatic carbocycles. The van der Waals surface area contributed by atoms with Crippen LogP contribution in [0, 0.1) is 0 Å². The normalized spacial score (nSPS) is 16.0. The van der Waals surface area contributed by atoms with Crippen molar-refractivity contribution < 1.29 is 4.21 Å². The standard InChI is InChI=1S/C6H14N2OS/c1-6(2,3)10(9)8-5-4-7/h5H,4,7H2,1-3H3/t10-/m0/s1. The van der Waals surface area contributed by atoms with Gasteiger partial charge in [0, 0.05) is 12.8 Å². The van der Waals surface area contributed by atoms with Gasteiger partial charge >= 0.3 is 0 Å². The van der Waals surface area contributed by atoms with Crippen molar-refractivity contribution in [2.24, 2.45) is 10.1 Å². The van der Waals surface area contributed by atoms with Crippen LogP contribution < -0.4 is 5.73 Å². The first-order chi connectivity index (χ1) is 4.48. The Kier molecular flexibility index (Phi) is 3.75. The molecule has 1 atom stereocenters. The van der Waals surface area contributed by atoms with E-state index in [0.717, 1.165) is 0 Å². The van der Waals surface area contributed by atoms with Crippen LogP contribution in [0.1, 0.15) is 20.8 Å². The molecule has 0 aliphatic heterocycles. The Morgan fingerprint density at radius 2 is 2.10 bits per heavy atom. The Balaban J connectivity index is 3.98. The summed E-state index contributed by atoms with van der Waals surface area (Å²) in [5, 5.41) is 0. The van der Waals surface area contributed by atoms with E-state index in [4.69, 9.17) is 5.73 Å². The van der Waals surface area contributed by atoms with E-state index in [1.54, 1.807) is 0 Å². The van der Waals surface area contributed by atoms with Gasteiger partial charge in [0.1, 0.15) is 11.0 Å². The Morgan fingerprint density at radius 1 is 1.60 bits per heavy atom. The van der Waals surface area contributed by atoms with Gasteiger partial charge in [0.05, 0.1) is 4.75 Å². The molecule has 0 radical (unpaired) electrons. The average molecular weight is 162 g/mol. The lowest BCUT2D eigenvalue weighted by molar-refractivity contribution is 0.651. The molecule has 0 aromatic rings. The fourth-order valence-electron chi connectivity index (χ4n) is 0.269. The van der Waals surface area contributed by atoms with Crippen LogP contribution in [0.4, 0.5) is 0 Å². The monoisotopic (exact) mass is 162 g/mol. The lowest BCUT2D eigenvalue weighted by Gasteiger charge is -2.12. The molecule has 3 nitrogen and oxygen atoms in total. The summed E-state index contributed by atoms with van der Waals surface area (Å²) < 4.78 is 14.5. The molecule has 0 aliphatic carbocycles. The fraction of sp³-hybridized carbons (Fsp3) is 0.833. The predicted molar refractivity (Wildman–Crippen MR) is 45.4 cm³/mol. The van der Waals surface area contributed by atoms with Gasteiger partial charge in [-0.3, -0.25) is 0 Å². The molecule has 0 rings (SSSR count). The quantitative estimate of drug-likeness (QED) is 0.600. The van der Waals surface area contributed by atoms with Gasteiger partial charge in [-0.15, -0.1) is 0 Å². The summed E-state index contributed by atoms with van der Waals surface area (Å²) in [6.45, 7) is 5.97. The van der Waals surface area contributed by atoms with Gasteiger partial charge in [-0.1, -0.05) is 0 Å². The van der Waals surface area contributed by atoms with E-state index in [9.17, 15) is 4.21 Å². The van der Waals surface area contributed by atoms with Gasteiger partial charge in [0.25, 0.3) is 0 Å². The van der Waals surface area contributed by atoms with E-state index in [1.165, 1.54) is 6.21 Å². The zero-order valence-electron chi connectivity index (χ0n) is 6.63. The molecular weight excluding hydrogens is 148 g/mol. The van der Waals surface area contributed by atoms with Gasteiger partial charge < -0.3 is 5.73 Å². The third-order valence-electron chi connectivity index (χ3n) is 0.800. The maximum Gasteiger partial charge on any atom is 0.144 e. The minimum atomic E-state index is -1.15. The summed E-state index contributed by atoms with van der Waals surface area (Å²) in [6.07, 6.45) is 1.47. The molecule has 10 heavy (non-hydrogen) atoms. The summed E-state index contributed by atoms with van der Waals surface area (Å²) in [7, 11) is -1.15. The van der Waals surface area contributed by atoms with E-state index in [-0.39, 0.29) is 4.75 Å². The minimum Gasteiger partial charge on any atom is -0.326 e. The Hall–Kier alpha value is -0.220. The lowest BCUT2D eigenvalue weighted by Crippen LogP contribution is -2.20. The highest BCUT2D eigenvalue weighted by molar-refractivity contribution is 7.85. The summed E-state index contributed by atoms with van der Waals surface area (Å²) in [4.78, 5) is 0. The van der Waals surface area contributed by atoms with E-state index in [0.29, 0.717) is 6.54 Å². The largest absolute Gasteiger partial charge is 0.326 e. The Bertz CT molecular complexity index is 148. The first-order valence-electron chi connectivity index (χ1n) is 3.13. The van der Waals surface area contributed by atoms with Crippen LogP contribution in [0.15, 0.2) is 4.40 Å². The maximum atomic E-state index is 11.1. The zero-order valence-corrected chi connectivity index (χ0v) is 7.44. The van der Waals surface area contributed by atoms with Crippen LogP contribution in [-0.2, 0) is 11.0 Å². The minimum absolute atomic E-state index is 0.272. The number of nitrogens with zero attached hydrogens (tertiary/aromatic N) is 1. The molecule has 60 valence electrons. The Morgan fingerprint density at radius 3 is 2.40 bits per heavy atom. The van der Waals surface area contributed by atoms with Crippen molar-refractivity contribution in [3.05, 3.63) is 0 Å². The average Bonchev–Trinajstić information content (AvgIpc) is 1.80. The van der Waals surface area contributed by atoms with Crippen LogP contribution in [0.2, 0.25) is 0 Å². The second-order valence-electron chi connectivity index (χ2n) is 2.89. The zero-order chi connectivity index (χ0) is 8.20. The molecule has 0 aromatic heterocycles. The van der Waals surface area contributed by atoms with Crippen LogP contribution in [0.3, 0.4) is 0 Å². The SMILES string of the molecule is CC(C)(C)[S@](=O)N=CCN. The van der Waals surface area contributed by atoms with Crippen molar-refractivity contribution in [2.75, 3.05) is 6.54 Å². The summed E-state index contributed by atoms with van der Waals surface area (Å²) in [6, 6.07) is 0. The van der Waals surface area contributed by atoms with Crippen molar-refractivity contribution in [3.8, 4) is 0 Å². The van der Waals surface area contributed by atoms with Crippen LogP contribution in [0.25, 0.3) is 0 Å². The number of hydrogen-bond acceptors (Lipinski definition) is 2. The van der Waals surface area contributed by atoms with Crippen molar-refractivity contribution in [2.45, 2.75) is 25.5 Å². The third-order valence-corrected chi connectivity index (χ3v) is 2.19. The molecule has 0 amide bonds. The van der Waals surface area contributed by atoms with Crippen molar-refractivity contribution in [3.63, 3.8) is 0 Å². The van der Waals surface area contributed by atoms with E-state index in [2.05, 4.69) is 4.40 Å². The van der Waals surface area contributed by atoms with Gasteiger partial charge in [-0.05, 0) is 20.8 Å². The Labute approximate surface area is 64.3 Å². The van der Waals surface area contributed by atoms with Gasteiger partial charge in [-0.25, -0.2) is 4.21 Å². The van der Waals surface area contributed by atoms with Crippen molar-refractivity contribution >= 4 is 17.2 Å². The summed E-state index contributed by atoms with van der Waals surface area (Å²) >= 11 is 0. The molecule has 0 heterocycles. The van der Waals surface area contributed by atoms with Crippen LogP contribution in [0.5, 0.6) is 0 Å². The van der Waals surface area contributed by atoms with Gasteiger partial charge in [0.15, 0.2) is 0 Å². The molecule has 0 aliphatic rings. The summed E-state index contributed by atoms with van der Waals surface area (Å²) in [5.74, 6) is 0. The highest BCUT2D eigenvalue weighted by Gasteiger charge is 2.17. The second-order valence-corrected chi connectivity index (χ2v) is 4.82. The van der Waals surface area contributed by atoms with E-state index < -0.39 is 11.0 Å². The number of nitrogens with two attached hydrogens (primary N) is 1. The predicted octanol–water partition coefficient (Wildman–Crippen LogP) is 0.478. The maximum absolute atomic E-state index is 11.1. The molecule has 0 bridgehead atoms. The molecule has 4 heteroatoms. The van der Waals surface area contributed by atoms with Crippen LogP contribution in [-0.4, -0.2) is 21.7 Å². The van der Waals surface area contributed by atoms with E-state index in [1.807, 2.05) is 20.8 Å². The molecule has 2 N–H and O–H groups in total. The molecule has 0 saturated heterocycles. The molecule has 0 fully saturated rings. The number of rotatable bonds is 2. The van der Waals surface area contributed by atoms with Gasteiger partial charge in [0.2, 0.25) is 0 Å².